The summed E-state index contributed by atoms with van der Waals surface area (Å²) in [6, 6.07) is 7.29. The fraction of sp³-hybridized carbons (Fsp3) is 0.154. The van der Waals surface area contributed by atoms with Gasteiger partial charge in [0.1, 0.15) is 6.33 Å². The van der Waals surface area contributed by atoms with Gasteiger partial charge < -0.3 is 5.32 Å². The van der Waals surface area contributed by atoms with Gasteiger partial charge in [0.2, 0.25) is 0 Å². The second-order valence-corrected chi connectivity index (χ2v) is 4.49. The van der Waals surface area contributed by atoms with E-state index in [0.717, 1.165) is 10.2 Å². The van der Waals surface area contributed by atoms with E-state index < -0.39 is 11.6 Å². The van der Waals surface area contributed by atoms with Crippen molar-refractivity contribution >= 4 is 11.6 Å². The van der Waals surface area contributed by atoms with Gasteiger partial charge in [-0.3, -0.25) is 4.79 Å². The first-order valence-corrected chi connectivity index (χ1v) is 6.24. The van der Waals surface area contributed by atoms with Crippen LogP contribution >= 0.6 is 0 Å². The smallest absolute Gasteiger partial charge is 0.354 e. The lowest BCUT2D eigenvalue weighted by molar-refractivity contribution is 0.0960. The molecule has 0 aliphatic rings. The van der Waals surface area contributed by atoms with Crippen LogP contribution in [0.5, 0.6) is 0 Å². The standard InChI is InChI=1S/C13H12N6O2/c1-8-3-5-9(6-4-8)19-13(21)18-7-15-10(12(20)14-2)11(18)16-17-19/h3-7H,1-2H3,(H,14,20). The quantitative estimate of drug-likeness (QED) is 0.711. The summed E-state index contributed by atoms with van der Waals surface area (Å²) >= 11 is 0. The van der Waals surface area contributed by atoms with Gasteiger partial charge in [0, 0.05) is 7.05 Å². The molecule has 1 aromatic carbocycles. The van der Waals surface area contributed by atoms with E-state index in [-0.39, 0.29) is 11.3 Å². The number of rotatable bonds is 2. The average Bonchev–Trinajstić information content (AvgIpc) is 2.93. The van der Waals surface area contributed by atoms with E-state index in [1.165, 1.54) is 17.8 Å². The Bertz CT molecular complexity index is 878. The van der Waals surface area contributed by atoms with Crippen LogP contribution in [0.1, 0.15) is 16.1 Å². The molecule has 3 aromatic rings. The van der Waals surface area contributed by atoms with E-state index in [2.05, 4.69) is 20.6 Å². The first-order valence-electron chi connectivity index (χ1n) is 6.24. The molecule has 0 radical (unpaired) electrons. The summed E-state index contributed by atoms with van der Waals surface area (Å²) in [5.41, 5.74) is 1.42. The third-order valence-corrected chi connectivity index (χ3v) is 3.08. The maximum absolute atomic E-state index is 12.4. The zero-order valence-electron chi connectivity index (χ0n) is 11.4. The van der Waals surface area contributed by atoms with Crippen molar-refractivity contribution in [2.75, 3.05) is 7.05 Å². The SMILES string of the molecule is CNC(=O)c1ncn2c(=O)n(-c3ccc(C)cc3)nnc12. The van der Waals surface area contributed by atoms with Crippen LogP contribution in [0.4, 0.5) is 0 Å². The summed E-state index contributed by atoms with van der Waals surface area (Å²) in [6.45, 7) is 1.95. The summed E-state index contributed by atoms with van der Waals surface area (Å²) in [6.07, 6.45) is 1.27. The monoisotopic (exact) mass is 284 g/mol. The number of aryl methyl sites for hydroxylation is 1. The molecule has 3 rings (SSSR count). The van der Waals surface area contributed by atoms with Crippen LogP contribution in [-0.2, 0) is 0 Å². The highest BCUT2D eigenvalue weighted by molar-refractivity contribution is 5.97. The third-order valence-electron chi connectivity index (χ3n) is 3.08. The van der Waals surface area contributed by atoms with Crippen LogP contribution in [0.25, 0.3) is 11.3 Å². The molecule has 2 heterocycles. The van der Waals surface area contributed by atoms with Crippen molar-refractivity contribution in [2.24, 2.45) is 0 Å². The number of fused-ring (bicyclic) bond motifs is 1. The average molecular weight is 284 g/mol. The molecule has 0 aliphatic carbocycles. The number of hydrogen-bond acceptors (Lipinski definition) is 5. The van der Waals surface area contributed by atoms with Gasteiger partial charge >= 0.3 is 5.69 Å². The molecule has 0 unspecified atom stereocenters. The van der Waals surface area contributed by atoms with Gasteiger partial charge in [-0.25, -0.2) is 14.2 Å². The van der Waals surface area contributed by atoms with Crippen LogP contribution in [-0.4, -0.2) is 37.3 Å². The second kappa shape index (κ2) is 4.82. The Balaban J connectivity index is 2.20. The van der Waals surface area contributed by atoms with Crippen molar-refractivity contribution in [3.63, 3.8) is 0 Å². The highest BCUT2D eigenvalue weighted by atomic mass is 16.2. The lowest BCUT2D eigenvalue weighted by atomic mass is 10.2. The van der Waals surface area contributed by atoms with E-state index >= 15 is 0 Å². The maximum atomic E-state index is 12.4. The number of nitrogens with zero attached hydrogens (tertiary/aromatic N) is 5. The Morgan fingerprint density at radius 2 is 1.95 bits per heavy atom. The molecule has 8 heteroatoms. The molecule has 1 amide bonds. The van der Waals surface area contributed by atoms with Crippen LogP contribution < -0.4 is 11.0 Å². The molecule has 21 heavy (non-hydrogen) atoms. The molecule has 0 aliphatic heterocycles. The Morgan fingerprint density at radius 3 is 2.62 bits per heavy atom. The van der Waals surface area contributed by atoms with Gasteiger partial charge in [-0.05, 0) is 19.1 Å². The number of benzene rings is 1. The minimum atomic E-state index is -0.438. The number of nitrogens with one attached hydrogen (secondary N) is 1. The summed E-state index contributed by atoms with van der Waals surface area (Å²) in [5.74, 6) is -0.417. The molecule has 0 atom stereocenters. The Kier molecular flexibility index (Phi) is 2.98. The van der Waals surface area contributed by atoms with Crippen molar-refractivity contribution in [3.8, 4) is 5.69 Å². The van der Waals surface area contributed by atoms with E-state index in [0.29, 0.717) is 5.69 Å². The number of carbonyl (C=O) groups is 1. The van der Waals surface area contributed by atoms with Gasteiger partial charge in [-0.2, -0.15) is 4.68 Å². The van der Waals surface area contributed by atoms with Crippen LogP contribution in [0.2, 0.25) is 0 Å². The normalized spacial score (nSPS) is 10.8. The van der Waals surface area contributed by atoms with Gasteiger partial charge in [0.05, 0.1) is 5.69 Å². The predicted molar refractivity (Wildman–Crippen MR) is 74.5 cm³/mol. The number of aromatic nitrogens is 5. The molecule has 0 bridgehead atoms. The molecule has 0 spiro atoms. The van der Waals surface area contributed by atoms with Gasteiger partial charge in [0.15, 0.2) is 11.3 Å². The zero-order chi connectivity index (χ0) is 15.0. The third kappa shape index (κ3) is 2.06. The largest absolute Gasteiger partial charge is 0.357 e. The topological polar surface area (TPSA) is 94.2 Å². The molecule has 8 nitrogen and oxygen atoms in total. The van der Waals surface area contributed by atoms with E-state index in [9.17, 15) is 9.59 Å². The fourth-order valence-electron chi connectivity index (χ4n) is 1.93. The van der Waals surface area contributed by atoms with Crippen LogP contribution in [0.15, 0.2) is 35.4 Å². The predicted octanol–water partition coefficient (Wildman–Crippen LogP) is -0.0568. The Morgan fingerprint density at radius 1 is 1.24 bits per heavy atom. The van der Waals surface area contributed by atoms with Gasteiger partial charge in [-0.15, -0.1) is 5.10 Å². The Hall–Kier alpha value is -3.03. The molecule has 1 N–H and O–H groups in total. The number of amides is 1. The highest BCUT2D eigenvalue weighted by Gasteiger charge is 2.16. The van der Waals surface area contributed by atoms with E-state index in [4.69, 9.17) is 0 Å². The zero-order valence-corrected chi connectivity index (χ0v) is 11.4. The van der Waals surface area contributed by atoms with Crippen molar-refractivity contribution in [1.29, 1.82) is 0 Å². The van der Waals surface area contributed by atoms with Crippen LogP contribution in [0, 0.1) is 6.92 Å². The number of imidazole rings is 1. The lowest BCUT2D eigenvalue weighted by Crippen LogP contribution is -2.29. The molecule has 0 saturated heterocycles. The number of carbonyl (C=O) groups excluding carboxylic acids is 1. The first-order chi connectivity index (χ1) is 10.1. The fourth-order valence-corrected chi connectivity index (χ4v) is 1.93. The number of hydrogen-bond donors (Lipinski definition) is 1. The first kappa shape index (κ1) is 13.0. The van der Waals surface area contributed by atoms with Crippen molar-refractivity contribution in [3.05, 3.63) is 52.3 Å². The lowest BCUT2D eigenvalue weighted by Gasteiger charge is -2.04. The van der Waals surface area contributed by atoms with Gasteiger partial charge in [-0.1, -0.05) is 22.9 Å². The summed E-state index contributed by atoms with van der Waals surface area (Å²) in [4.78, 5) is 27.9. The highest BCUT2D eigenvalue weighted by Crippen LogP contribution is 2.07. The maximum Gasteiger partial charge on any atom is 0.357 e. The van der Waals surface area contributed by atoms with Crippen molar-refractivity contribution in [2.45, 2.75) is 6.92 Å². The van der Waals surface area contributed by atoms with Crippen molar-refractivity contribution in [1.82, 2.24) is 29.7 Å². The Labute approximate surface area is 119 Å². The summed E-state index contributed by atoms with van der Waals surface area (Å²) in [7, 11) is 1.48. The second-order valence-electron chi connectivity index (χ2n) is 4.49. The summed E-state index contributed by atoms with van der Waals surface area (Å²) in [5, 5.41) is 10.2. The molecular weight excluding hydrogens is 272 g/mol. The van der Waals surface area contributed by atoms with Gasteiger partial charge in [0.25, 0.3) is 5.91 Å². The minimum Gasteiger partial charge on any atom is -0.354 e. The molecule has 106 valence electrons. The minimum absolute atomic E-state index is 0.0677. The van der Waals surface area contributed by atoms with E-state index in [1.54, 1.807) is 12.1 Å². The van der Waals surface area contributed by atoms with Crippen LogP contribution in [0.3, 0.4) is 0 Å². The molecule has 0 fully saturated rings. The van der Waals surface area contributed by atoms with Crippen molar-refractivity contribution < 1.29 is 4.79 Å². The van der Waals surface area contributed by atoms with E-state index in [1.807, 2.05) is 19.1 Å². The summed E-state index contributed by atoms with van der Waals surface area (Å²) < 4.78 is 2.35. The molecule has 2 aromatic heterocycles. The molecular formula is C13H12N6O2. The molecule has 0 saturated carbocycles.